The summed E-state index contributed by atoms with van der Waals surface area (Å²) in [6.07, 6.45) is 1.17. The van der Waals surface area contributed by atoms with Crippen LogP contribution in [0.5, 0.6) is 0 Å². The number of carbonyl (C=O) groups excluding carboxylic acids is 2. The predicted octanol–water partition coefficient (Wildman–Crippen LogP) is 2.66. The lowest BCUT2D eigenvalue weighted by Gasteiger charge is -2.16. The van der Waals surface area contributed by atoms with Crippen molar-refractivity contribution in [2.75, 3.05) is 6.61 Å². The second kappa shape index (κ2) is 7.99. The van der Waals surface area contributed by atoms with E-state index in [1.165, 1.54) is 24.4 Å². The Morgan fingerprint density at radius 2 is 2.04 bits per heavy atom. The molecule has 1 amide bonds. The molecule has 0 fully saturated rings. The van der Waals surface area contributed by atoms with E-state index in [-0.39, 0.29) is 5.69 Å². The fourth-order valence-electron chi connectivity index (χ4n) is 2.00. The van der Waals surface area contributed by atoms with E-state index in [2.05, 4.69) is 5.32 Å². The Balaban J connectivity index is 1.91. The van der Waals surface area contributed by atoms with Gasteiger partial charge in [0.15, 0.2) is 12.8 Å². The third-order valence-corrected chi connectivity index (χ3v) is 3.74. The lowest BCUT2D eigenvalue weighted by Crippen LogP contribution is -2.36. The van der Waals surface area contributed by atoms with Crippen LogP contribution in [0, 0.1) is 5.21 Å². The summed E-state index contributed by atoms with van der Waals surface area (Å²) in [5, 5.41) is 15.0. The van der Waals surface area contributed by atoms with E-state index in [0.717, 1.165) is 0 Å². The molecule has 0 aliphatic heterocycles. The molecule has 0 radical (unpaired) electrons. The second-order valence-electron chi connectivity index (χ2n) is 4.94. The smallest absolute Gasteiger partial charge is 0.405 e. The zero-order chi connectivity index (χ0) is 17.7. The normalized spacial score (nSPS) is 11.6. The van der Waals surface area contributed by atoms with Gasteiger partial charge in [-0.3, -0.25) is 4.79 Å². The van der Waals surface area contributed by atoms with Gasteiger partial charge in [0.05, 0.1) is 6.04 Å². The number of nitrogens with zero attached hydrogens (tertiary/aromatic N) is 1. The molecule has 126 valence electrons. The van der Waals surface area contributed by atoms with Gasteiger partial charge in [0.1, 0.15) is 0 Å². The van der Waals surface area contributed by atoms with E-state index in [9.17, 15) is 14.8 Å². The van der Waals surface area contributed by atoms with Crippen LogP contribution in [0.15, 0.2) is 42.6 Å². The minimum atomic E-state index is -0.877. The highest BCUT2D eigenvalue weighted by Gasteiger charge is 2.19. The van der Waals surface area contributed by atoms with Crippen LogP contribution in [0.1, 0.15) is 29.0 Å². The molecule has 6 nitrogen and oxygen atoms in total. The first-order valence-electron chi connectivity index (χ1n) is 6.98. The molecule has 0 spiro atoms. The van der Waals surface area contributed by atoms with Gasteiger partial charge < -0.3 is 15.3 Å². The Kier molecular flexibility index (Phi) is 6.00. The zero-order valence-corrected chi connectivity index (χ0v) is 14.2. The molecule has 0 saturated carbocycles. The van der Waals surface area contributed by atoms with Gasteiger partial charge in [-0.1, -0.05) is 29.3 Å². The Labute approximate surface area is 148 Å². The summed E-state index contributed by atoms with van der Waals surface area (Å²) in [7, 11) is 0. The van der Waals surface area contributed by atoms with Crippen molar-refractivity contribution in [1.82, 2.24) is 5.32 Å². The summed E-state index contributed by atoms with van der Waals surface area (Å²) < 4.78 is 5.20. The van der Waals surface area contributed by atoms with Gasteiger partial charge in [-0.15, -0.1) is 0 Å². The Hall–Kier alpha value is -2.31. The second-order valence-corrected chi connectivity index (χ2v) is 5.79. The standard InChI is InChI=1S/C16H14Cl2N2O4/c1-10(12-6-5-11(17)8-13(12)18)19-15(21)9-24-16(22)14-4-2-3-7-20(14)23/h2-8,10H,9H2,1H3,(H,19,21)/t10-/m0/s1. The van der Waals surface area contributed by atoms with Gasteiger partial charge in [0.25, 0.3) is 5.91 Å². The third kappa shape index (κ3) is 4.59. The van der Waals surface area contributed by atoms with Crippen molar-refractivity contribution in [3.63, 3.8) is 0 Å². The number of benzene rings is 1. The van der Waals surface area contributed by atoms with Gasteiger partial charge >= 0.3 is 11.7 Å². The fourth-order valence-corrected chi connectivity index (χ4v) is 2.58. The van der Waals surface area contributed by atoms with E-state index in [1.54, 1.807) is 25.1 Å². The van der Waals surface area contributed by atoms with Crippen LogP contribution in [0.2, 0.25) is 10.0 Å². The Morgan fingerprint density at radius 3 is 2.71 bits per heavy atom. The molecule has 1 aromatic heterocycles. The molecule has 8 heteroatoms. The van der Waals surface area contributed by atoms with Crippen molar-refractivity contribution >= 4 is 35.1 Å². The topological polar surface area (TPSA) is 82.3 Å². The minimum absolute atomic E-state index is 0.195. The van der Waals surface area contributed by atoms with Gasteiger partial charge in [0, 0.05) is 22.2 Å². The lowest BCUT2D eigenvalue weighted by atomic mass is 10.1. The molecule has 0 bridgehead atoms. The SMILES string of the molecule is C[C@H](NC(=O)COC(=O)c1cccc[n+]1[O-])c1ccc(Cl)cc1Cl. The van der Waals surface area contributed by atoms with Gasteiger partial charge in [-0.25, -0.2) is 4.79 Å². The molecule has 24 heavy (non-hydrogen) atoms. The number of pyridine rings is 1. The molecule has 0 aliphatic rings. The molecule has 1 atom stereocenters. The molecule has 0 aliphatic carbocycles. The maximum atomic E-state index is 11.9. The molecule has 2 aromatic rings. The van der Waals surface area contributed by atoms with E-state index >= 15 is 0 Å². The van der Waals surface area contributed by atoms with Crippen LogP contribution in [0.4, 0.5) is 0 Å². The van der Waals surface area contributed by atoms with Crippen molar-refractivity contribution in [2.45, 2.75) is 13.0 Å². The first-order valence-corrected chi connectivity index (χ1v) is 7.73. The van der Waals surface area contributed by atoms with E-state index in [1.807, 2.05) is 0 Å². The van der Waals surface area contributed by atoms with Gasteiger partial charge in [-0.05, 0) is 30.7 Å². The van der Waals surface area contributed by atoms with Gasteiger partial charge in [-0.2, -0.15) is 4.73 Å². The largest absolute Gasteiger partial charge is 0.618 e. The number of hydrogen-bond acceptors (Lipinski definition) is 4. The van der Waals surface area contributed by atoms with Gasteiger partial charge in [0.2, 0.25) is 0 Å². The molecule has 0 unspecified atom stereocenters. The van der Waals surface area contributed by atoms with E-state index in [0.29, 0.717) is 20.3 Å². The van der Waals surface area contributed by atoms with Crippen molar-refractivity contribution in [1.29, 1.82) is 0 Å². The lowest BCUT2D eigenvalue weighted by molar-refractivity contribution is -0.608. The predicted molar refractivity (Wildman–Crippen MR) is 88.7 cm³/mol. The number of nitrogens with one attached hydrogen (secondary N) is 1. The summed E-state index contributed by atoms with van der Waals surface area (Å²) in [6.45, 7) is 1.22. The average Bonchev–Trinajstić information content (AvgIpc) is 2.52. The quantitative estimate of drug-likeness (QED) is 0.499. The first-order chi connectivity index (χ1) is 11.4. The highest BCUT2D eigenvalue weighted by Crippen LogP contribution is 2.25. The number of hydrogen-bond donors (Lipinski definition) is 1. The monoisotopic (exact) mass is 368 g/mol. The Morgan fingerprint density at radius 1 is 1.29 bits per heavy atom. The molecule has 0 saturated heterocycles. The number of esters is 1. The Bertz CT molecular complexity index is 767. The molecular formula is C16H14Cl2N2O4. The van der Waals surface area contributed by atoms with Crippen molar-refractivity contribution in [3.05, 3.63) is 69.1 Å². The summed E-state index contributed by atoms with van der Waals surface area (Å²) in [5.41, 5.74) is 0.486. The van der Waals surface area contributed by atoms with Crippen molar-refractivity contribution < 1.29 is 19.1 Å². The molecule has 1 aromatic carbocycles. The van der Waals surface area contributed by atoms with Crippen LogP contribution in [-0.4, -0.2) is 18.5 Å². The van der Waals surface area contributed by atoms with Crippen LogP contribution >= 0.6 is 23.2 Å². The maximum Gasteiger partial charge on any atom is 0.405 e. The molecule has 2 rings (SSSR count). The van der Waals surface area contributed by atoms with E-state index < -0.39 is 24.5 Å². The van der Waals surface area contributed by atoms with Crippen LogP contribution in [0.25, 0.3) is 0 Å². The highest BCUT2D eigenvalue weighted by molar-refractivity contribution is 6.35. The molecule has 1 N–H and O–H groups in total. The summed E-state index contributed by atoms with van der Waals surface area (Å²) in [4.78, 5) is 23.6. The number of carbonyl (C=O) groups is 2. The number of amides is 1. The number of rotatable bonds is 5. The zero-order valence-electron chi connectivity index (χ0n) is 12.7. The average molecular weight is 369 g/mol. The van der Waals surface area contributed by atoms with Crippen LogP contribution in [-0.2, 0) is 9.53 Å². The first kappa shape index (κ1) is 18.0. The fraction of sp³-hybridized carbons (Fsp3) is 0.188. The maximum absolute atomic E-state index is 11.9. The van der Waals surface area contributed by atoms with E-state index in [4.69, 9.17) is 27.9 Å². The number of ether oxygens (including phenoxy) is 1. The molecular weight excluding hydrogens is 355 g/mol. The number of aromatic nitrogens is 1. The highest BCUT2D eigenvalue weighted by atomic mass is 35.5. The number of halogens is 2. The van der Waals surface area contributed by atoms with Crippen molar-refractivity contribution in [3.8, 4) is 0 Å². The van der Waals surface area contributed by atoms with Crippen LogP contribution < -0.4 is 10.0 Å². The third-order valence-electron chi connectivity index (χ3n) is 3.17. The summed E-state index contributed by atoms with van der Waals surface area (Å²) >= 11 is 11.9. The summed E-state index contributed by atoms with van der Waals surface area (Å²) in [5.74, 6) is -1.40. The summed E-state index contributed by atoms with van der Waals surface area (Å²) in [6, 6.07) is 8.85. The van der Waals surface area contributed by atoms with Crippen LogP contribution in [0.3, 0.4) is 0 Å². The van der Waals surface area contributed by atoms with Crippen molar-refractivity contribution in [2.24, 2.45) is 0 Å². The minimum Gasteiger partial charge on any atom is -0.618 e. The molecule has 1 heterocycles.